The van der Waals surface area contributed by atoms with Gasteiger partial charge >= 0.3 is 0 Å². The number of hydrogen-bond donors (Lipinski definition) is 2. The van der Waals surface area contributed by atoms with Gasteiger partial charge in [0.2, 0.25) is 11.8 Å². The summed E-state index contributed by atoms with van der Waals surface area (Å²) in [6.45, 7) is 1.59. The summed E-state index contributed by atoms with van der Waals surface area (Å²) in [5.74, 6) is -0.570. The number of rotatable bonds is 9. The minimum Gasteiger partial charge on any atom is -0.497 e. The van der Waals surface area contributed by atoms with Gasteiger partial charge in [-0.25, -0.2) is 0 Å². The Morgan fingerprint density at radius 1 is 1.06 bits per heavy atom. The summed E-state index contributed by atoms with van der Waals surface area (Å²) in [5, 5.41) is 5.77. The Bertz CT molecular complexity index is 1200. The first-order chi connectivity index (χ1) is 17.5. The summed E-state index contributed by atoms with van der Waals surface area (Å²) in [6, 6.07) is 16.8. The van der Waals surface area contributed by atoms with Gasteiger partial charge in [-0.15, -0.1) is 0 Å². The highest BCUT2D eigenvalue weighted by atomic mass is 16.5. The zero-order valence-corrected chi connectivity index (χ0v) is 20.5. The topological polar surface area (TPSA) is 101 Å². The number of nitrogens with zero attached hydrogens (tertiary/aromatic N) is 1. The number of hydrogen-bond acceptors (Lipinski definition) is 5. The Kier molecular flexibility index (Phi) is 8.05. The SMILES string of the molecule is COc1cccc(N(C(=O)CNC(=O)c2ccco2)[C@@H](C(=O)NC2CCCC2)c2ccccc2C)c1. The molecule has 0 unspecified atom stereocenters. The zero-order chi connectivity index (χ0) is 25.5. The van der Waals surface area contributed by atoms with E-state index in [1.807, 2.05) is 31.2 Å². The van der Waals surface area contributed by atoms with Gasteiger partial charge in [-0.2, -0.15) is 0 Å². The molecule has 1 atom stereocenters. The van der Waals surface area contributed by atoms with E-state index in [0.29, 0.717) is 17.0 Å². The minimum absolute atomic E-state index is 0.0740. The van der Waals surface area contributed by atoms with E-state index in [-0.39, 0.29) is 24.3 Å². The number of benzene rings is 2. The normalized spacial score (nSPS) is 14.2. The van der Waals surface area contributed by atoms with E-state index in [1.54, 1.807) is 37.4 Å². The van der Waals surface area contributed by atoms with E-state index in [4.69, 9.17) is 9.15 Å². The average molecular weight is 490 g/mol. The van der Waals surface area contributed by atoms with Crippen molar-refractivity contribution in [3.63, 3.8) is 0 Å². The Labute approximate surface area is 210 Å². The second-order valence-electron chi connectivity index (χ2n) is 8.87. The van der Waals surface area contributed by atoms with Crippen molar-refractivity contribution < 1.29 is 23.5 Å². The summed E-state index contributed by atoms with van der Waals surface area (Å²) < 4.78 is 10.5. The Morgan fingerprint density at radius 2 is 1.83 bits per heavy atom. The van der Waals surface area contributed by atoms with Crippen LogP contribution in [0.25, 0.3) is 0 Å². The van der Waals surface area contributed by atoms with Crippen molar-refractivity contribution in [1.82, 2.24) is 10.6 Å². The number of amides is 3. The van der Waals surface area contributed by atoms with Crippen molar-refractivity contribution >= 4 is 23.4 Å². The van der Waals surface area contributed by atoms with Crippen LogP contribution in [0.15, 0.2) is 71.3 Å². The molecule has 1 aliphatic rings. The lowest BCUT2D eigenvalue weighted by Gasteiger charge is -2.33. The van der Waals surface area contributed by atoms with Gasteiger partial charge < -0.3 is 19.8 Å². The number of nitrogens with one attached hydrogen (secondary N) is 2. The quantitative estimate of drug-likeness (QED) is 0.470. The minimum atomic E-state index is -0.938. The maximum atomic E-state index is 13.8. The van der Waals surface area contributed by atoms with Crippen LogP contribution < -0.4 is 20.3 Å². The van der Waals surface area contributed by atoms with Crippen LogP contribution in [0, 0.1) is 6.92 Å². The predicted molar refractivity (Wildman–Crippen MR) is 136 cm³/mol. The average Bonchev–Trinajstić information content (AvgIpc) is 3.61. The fourth-order valence-corrected chi connectivity index (χ4v) is 4.57. The molecule has 2 N–H and O–H groups in total. The second kappa shape index (κ2) is 11.6. The molecule has 3 amide bonds. The van der Waals surface area contributed by atoms with Gasteiger partial charge in [0.25, 0.3) is 5.91 Å². The summed E-state index contributed by atoms with van der Waals surface area (Å²) in [5.41, 5.74) is 2.08. The fourth-order valence-electron chi connectivity index (χ4n) is 4.57. The molecule has 3 aromatic rings. The number of anilines is 1. The molecule has 1 heterocycles. The van der Waals surface area contributed by atoms with Crippen LogP contribution in [0.3, 0.4) is 0 Å². The standard InChI is InChI=1S/C28H31N3O5/c1-19-9-3-6-14-23(19)26(28(34)30-20-10-4-5-11-20)31(21-12-7-13-22(17-21)35-2)25(32)18-29-27(33)24-15-8-16-36-24/h3,6-9,12-17,20,26H,4-5,10-11,18H2,1-2H3,(H,29,33)(H,30,34)/t26-/m1/s1. The summed E-state index contributed by atoms with van der Waals surface area (Å²) in [6.07, 6.45) is 5.35. The second-order valence-corrected chi connectivity index (χ2v) is 8.87. The summed E-state index contributed by atoms with van der Waals surface area (Å²) in [7, 11) is 1.54. The van der Waals surface area contributed by atoms with Crippen molar-refractivity contribution in [3.05, 3.63) is 83.8 Å². The van der Waals surface area contributed by atoms with E-state index in [0.717, 1.165) is 31.2 Å². The van der Waals surface area contributed by atoms with Crippen LogP contribution in [0.5, 0.6) is 5.75 Å². The molecule has 0 radical (unpaired) electrons. The maximum Gasteiger partial charge on any atom is 0.287 e. The largest absolute Gasteiger partial charge is 0.497 e. The van der Waals surface area contributed by atoms with Crippen LogP contribution in [-0.2, 0) is 9.59 Å². The molecular weight excluding hydrogens is 458 g/mol. The summed E-state index contributed by atoms with van der Waals surface area (Å²) >= 11 is 0. The van der Waals surface area contributed by atoms with E-state index in [9.17, 15) is 14.4 Å². The molecule has 4 rings (SSSR count). The monoisotopic (exact) mass is 489 g/mol. The number of methoxy groups -OCH3 is 1. The Hall–Kier alpha value is -4.07. The summed E-state index contributed by atoms with van der Waals surface area (Å²) in [4.78, 5) is 41.5. The third-order valence-electron chi connectivity index (χ3n) is 6.44. The Morgan fingerprint density at radius 3 is 2.53 bits per heavy atom. The highest BCUT2D eigenvalue weighted by Gasteiger charge is 2.35. The zero-order valence-electron chi connectivity index (χ0n) is 20.5. The highest BCUT2D eigenvalue weighted by molar-refractivity contribution is 6.04. The first-order valence-electron chi connectivity index (χ1n) is 12.1. The van der Waals surface area contributed by atoms with E-state index in [1.165, 1.54) is 17.2 Å². The molecular formula is C28H31N3O5. The number of carbonyl (C=O) groups is 3. The third-order valence-corrected chi connectivity index (χ3v) is 6.44. The van der Waals surface area contributed by atoms with Crippen molar-refractivity contribution in [2.24, 2.45) is 0 Å². The number of carbonyl (C=O) groups excluding carboxylic acids is 3. The van der Waals surface area contributed by atoms with Gasteiger partial charge in [-0.3, -0.25) is 19.3 Å². The number of ether oxygens (including phenoxy) is 1. The third kappa shape index (κ3) is 5.76. The van der Waals surface area contributed by atoms with Crippen LogP contribution in [0.2, 0.25) is 0 Å². The van der Waals surface area contributed by atoms with Gasteiger partial charge in [0, 0.05) is 17.8 Å². The molecule has 1 fully saturated rings. The molecule has 188 valence electrons. The maximum absolute atomic E-state index is 13.8. The molecule has 1 saturated carbocycles. The molecule has 1 aromatic heterocycles. The van der Waals surface area contributed by atoms with Gasteiger partial charge in [0.1, 0.15) is 11.8 Å². The van der Waals surface area contributed by atoms with Gasteiger partial charge in [0.05, 0.1) is 19.9 Å². The van der Waals surface area contributed by atoms with Crippen molar-refractivity contribution in [2.45, 2.75) is 44.7 Å². The predicted octanol–water partition coefficient (Wildman–Crippen LogP) is 4.16. The van der Waals surface area contributed by atoms with Crippen LogP contribution in [0.1, 0.15) is 53.4 Å². The first kappa shape index (κ1) is 25.0. The number of furan rings is 1. The van der Waals surface area contributed by atoms with E-state index < -0.39 is 17.9 Å². The van der Waals surface area contributed by atoms with Crippen LogP contribution in [-0.4, -0.2) is 37.4 Å². The van der Waals surface area contributed by atoms with Gasteiger partial charge in [0.15, 0.2) is 5.76 Å². The van der Waals surface area contributed by atoms with E-state index >= 15 is 0 Å². The van der Waals surface area contributed by atoms with Crippen molar-refractivity contribution in [1.29, 1.82) is 0 Å². The smallest absolute Gasteiger partial charge is 0.287 e. The van der Waals surface area contributed by atoms with Crippen LogP contribution >= 0.6 is 0 Å². The lowest BCUT2D eigenvalue weighted by atomic mass is 9.97. The lowest BCUT2D eigenvalue weighted by molar-refractivity contribution is -0.126. The molecule has 0 spiro atoms. The molecule has 36 heavy (non-hydrogen) atoms. The molecule has 8 nitrogen and oxygen atoms in total. The molecule has 0 bridgehead atoms. The molecule has 1 aliphatic carbocycles. The van der Waals surface area contributed by atoms with Crippen molar-refractivity contribution in [2.75, 3.05) is 18.6 Å². The molecule has 0 saturated heterocycles. The van der Waals surface area contributed by atoms with Crippen molar-refractivity contribution in [3.8, 4) is 5.75 Å². The highest BCUT2D eigenvalue weighted by Crippen LogP contribution is 2.32. The van der Waals surface area contributed by atoms with Gasteiger partial charge in [-0.1, -0.05) is 43.2 Å². The molecule has 2 aromatic carbocycles. The Balaban J connectivity index is 1.72. The van der Waals surface area contributed by atoms with Gasteiger partial charge in [-0.05, 0) is 55.2 Å². The van der Waals surface area contributed by atoms with E-state index in [2.05, 4.69) is 10.6 Å². The molecule has 0 aliphatic heterocycles. The fraction of sp³-hybridized carbons (Fsp3) is 0.321. The first-order valence-corrected chi connectivity index (χ1v) is 12.1. The lowest BCUT2D eigenvalue weighted by Crippen LogP contribution is -2.49. The molecule has 8 heteroatoms. The number of aryl methyl sites for hydroxylation is 1. The van der Waals surface area contributed by atoms with Crippen LogP contribution in [0.4, 0.5) is 5.69 Å².